The Kier molecular flexibility index (Phi) is 11.1. The molecule has 0 aromatic rings. The van der Waals surface area contributed by atoms with Crippen molar-refractivity contribution in [3.63, 3.8) is 0 Å². The lowest BCUT2D eigenvalue weighted by atomic mass is 10.5. The van der Waals surface area contributed by atoms with Crippen molar-refractivity contribution in [3.05, 3.63) is 10.6 Å². The van der Waals surface area contributed by atoms with Gasteiger partial charge in [-0.1, -0.05) is 0 Å². The van der Waals surface area contributed by atoms with Crippen LogP contribution in [0.15, 0.2) is 10.6 Å². The zero-order chi connectivity index (χ0) is 8.57. The van der Waals surface area contributed by atoms with Crippen LogP contribution in [0.2, 0.25) is 0 Å². The minimum Gasteiger partial charge on any atom is -0.397 e. The first-order valence-corrected chi connectivity index (χ1v) is 3.69. The second-order valence-electron chi connectivity index (χ2n) is 1.78. The Balaban J connectivity index is 0. The van der Waals surface area contributed by atoms with Crippen molar-refractivity contribution in [3.8, 4) is 0 Å². The van der Waals surface area contributed by atoms with E-state index < -0.39 is 0 Å². The highest BCUT2D eigenvalue weighted by Crippen LogP contribution is 2.01. The predicted octanol–water partition coefficient (Wildman–Crippen LogP) is 1.39. The molecule has 0 unspecified atom stereocenters. The Hall–Kier alpha value is -0.150. The molecule has 0 aromatic heterocycles. The molecule has 62 valence electrons. The molecule has 0 heterocycles. The molecule has 0 saturated heterocycles. The lowest BCUT2D eigenvalue weighted by molar-refractivity contribution is 0.318. The molecule has 0 fully saturated rings. The van der Waals surface area contributed by atoms with Gasteiger partial charge in [-0.05, 0) is 25.7 Å². The molecule has 0 saturated carbocycles. The number of rotatable bonds is 1. The molecule has 0 aromatic carbocycles. The monoisotopic (exact) mass is 163 g/mol. The van der Waals surface area contributed by atoms with Gasteiger partial charge in [-0.25, -0.2) is 0 Å². The lowest BCUT2D eigenvalue weighted by Crippen LogP contribution is -2.01. The van der Waals surface area contributed by atoms with Crippen LogP contribution >= 0.6 is 12.6 Å². The van der Waals surface area contributed by atoms with E-state index in [2.05, 4.69) is 17.9 Å². The molecule has 3 heteroatoms. The summed E-state index contributed by atoms with van der Waals surface area (Å²) in [5.74, 6) is 0. The van der Waals surface area contributed by atoms with Crippen LogP contribution in [-0.2, 0) is 0 Å². The fraction of sp³-hybridized carbons (Fsp3) is 0.714. The normalized spacial score (nSPS) is 11.0. The molecule has 0 bridgehead atoms. The van der Waals surface area contributed by atoms with Crippen LogP contribution in [0, 0.1) is 0 Å². The third kappa shape index (κ3) is 10.8. The maximum atomic E-state index is 7.57. The zero-order valence-corrected chi connectivity index (χ0v) is 8.00. The molecule has 0 aliphatic rings. The van der Waals surface area contributed by atoms with Gasteiger partial charge in [0.05, 0.1) is 0 Å². The van der Waals surface area contributed by atoms with E-state index in [1.54, 1.807) is 6.92 Å². The van der Waals surface area contributed by atoms with Crippen LogP contribution in [0.3, 0.4) is 0 Å². The SMILES string of the molecule is CCO.CN/C(C)=C(/C)S. The summed E-state index contributed by atoms with van der Waals surface area (Å²) in [7, 11) is 1.88. The topological polar surface area (TPSA) is 32.3 Å². The summed E-state index contributed by atoms with van der Waals surface area (Å²) in [6, 6.07) is 0. The first-order chi connectivity index (χ1) is 4.59. The first kappa shape index (κ1) is 12.5. The number of aliphatic hydroxyl groups is 1. The summed E-state index contributed by atoms with van der Waals surface area (Å²) in [6.07, 6.45) is 0. The summed E-state index contributed by atoms with van der Waals surface area (Å²) in [4.78, 5) is 1.04. The molecular formula is C7H17NOS. The van der Waals surface area contributed by atoms with Crippen LogP contribution in [0.5, 0.6) is 0 Å². The maximum absolute atomic E-state index is 7.57. The summed E-state index contributed by atoms with van der Waals surface area (Å²) >= 11 is 4.09. The van der Waals surface area contributed by atoms with Gasteiger partial charge < -0.3 is 10.4 Å². The molecule has 0 aliphatic carbocycles. The number of thiol groups is 1. The van der Waals surface area contributed by atoms with E-state index in [-0.39, 0.29) is 6.61 Å². The lowest BCUT2D eigenvalue weighted by Gasteiger charge is -1.97. The summed E-state index contributed by atoms with van der Waals surface area (Å²) < 4.78 is 0. The van der Waals surface area contributed by atoms with Crippen molar-refractivity contribution in [2.45, 2.75) is 20.8 Å². The summed E-state index contributed by atoms with van der Waals surface area (Å²) in [6.45, 7) is 5.87. The van der Waals surface area contributed by atoms with Crippen LogP contribution in [0.25, 0.3) is 0 Å². The van der Waals surface area contributed by atoms with Crippen molar-refractivity contribution < 1.29 is 5.11 Å². The number of hydrogen-bond donors (Lipinski definition) is 3. The van der Waals surface area contributed by atoms with E-state index in [1.807, 2.05) is 20.9 Å². The van der Waals surface area contributed by atoms with E-state index in [0.29, 0.717) is 0 Å². The molecule has 0 atom stereocenters. The average molecular weight is 163 g/mol. The van der Waals surface area contributed by atoms with Gasteiger partial charge in [-0.3, -0.25) is 0 Å². The molecule has 0 spiro atoms. The third-order valence-corrected chi connectivity index (χ3v) is 1.25. The van der Waals surface area contributed by atoms with Crippen molar-refractivity contribution in [2.24, 2.45) is 0 Å². The molecular weight excluding hydrogens is 146 g/mol. The van der Waals surface area contributed by atoms with Crippen LogP contribution in [0.4, 0.5) is 0 Å². The number of aliphatic hydroxyl groups excluding tert-OH is 1. The minimum absolute atomic E-state index is 0.250. The largest absolute Gasteiger partial charge is 0.397 e. The first-order valence-electron chi connectivity index (χ1n) is 3.25. The van der Waals surface area contributed by atoms with Crippen molar-refractivity contribution in [2.75, 3.05) is 13.7 Å². The third-order valence-electron chi connectivity index (χ3n) is 0.918. The molecule has 0 rings (SSSR count). The Bertz CT molecular complexity index is 97.8. The van der Waals surface area contributed by atoms with Gasteiger partial charge >= 0.3 is 0 Å². The Morgan fingerprint density at radius 1 is 1.50 bits per heavy atom. The molecule has 0 amide bonds. The fourth-order valence-corrected chi connectivity index (χ4v) is 0.293. The number of allylic oxidation sites excluding steroid dienone is 2. The van der Waals surface area contributed by atoms with E-state index in [0.717, 1.165) is 10.6 Å². The Morgan fingerprint density at radius 2 is 1.80 bits per heavy atom. The number of nitrogens with one attached hydrogen (secondary N) is 1. The van der Waals surface area contributed by atoms with E-state index >= 15 is 0 Å². The highest BCUT2D eigenvalue weighted by Gasteiger charge is 1.82. The number of hydrogen-bond acceptors (Lipinski definition) is 3. The van der Waals surface area contributed by atoms with Gasteiger partial charge in [0, 0.05) is 19.4 Å². The Labute approximate surface area is 68.7 Å². The van der Waals surface area contributed by atoms with Crippen LogP contribution in [-0.4, -0.2) is 18.8 Å². The zero-order valence-electron chi connectivity index (χ0n) is 7.10. The second-order valence-corrected chi connectivity index (χ2v) is 2.45. The van der Waals surface area contributed by atoms with Crippen molar-refractivity contribution in [1.29, 1.82) is 0 Å². The summed E-state index contributed by atoms with van der Waals surface area (Å²) in [5.41, 5.74) is 1.13. The van der Waals surface area contributed by atoms with E-state index in [1.165, 1.54) is 0 Å². The molecule has 10 heavy (non-hydrogen) atoms. The smallest absolute Gasteiger partial charge is 0.0402 e. The Morgan fingerprint density at radius 3 is 1.80 bits per heavy atom. The van der Waals surface area contributed by atoms with Gasteiger partial charge in [-0.2, -0.15) is 0 Å². The highest BCUT2D eigenvalue weighted by molar-refractivity contribution is 7.84. The van der Waals surface area contributed by atoms with Gasteiger partial charge in [0.15, 0.2) is 0 Å². The maximum Gasteiger partial charge on any atom is 0.0402 e. The molecule has 0 aliphatic heterocycles. The minimum atomic E-state index is 0.250. The summed E-state index contributed by atoms with van der Waals surface area (Å²) in [5, 5.41) is 10.5. The molecule has 0 radical (unpaired) electrons. The van der Waals surface area contributed by atoms with E-state index in [4.69, 9.17) is 5.11 Å². The van der Waals surface area contributed by atoms with Crippen molar-refractivity contribution in [1.82, 2.24) is 5.32 Å². The standard InChI is InChI=1S/C5H11NS.C2H6O/c1-4(6-3)5(2)7;1-2-3/h6-7H,1-3H3;3H,2H2,1H3/b5-4-;. The predicted molar refractivity (Wildman–Crippen MR) is 49.2 cm³/mol. The highest BCUT2D eigenvalue weighted by atomic mass is 32.1. The van der Waals surface area contributed by atoms with Crippen LogP contribution < -0.4 is 5.32 Å². The molecule has 2 N–H and O–H groups in total. The van der Waals surface area contributed by atoms with Gasteiger partial charge in [0.25, 0.3) is 0 Å². The van der Waals surface area contributed by atoms with Gasteiger partial charge in [0.2, 0.25) is 0 Å². The van der Waals surface area contributed by atoms with Crippen LogP contribution in [0.1, 0.15) is 20.8 Å². The van der Waals surface area contributed by atoms with Gasteiger partial charge in [-0.15, -0.1) is 12.6 Å². The molecule has 2 nitrogen and oxygen atoms in total. The van der Waals surface area contributed by atoms with E-state index in [9.17, 15) is 0 Å². The quantitative estimate of drug-likeness (QED) is 0.510. The van der Waals surface area contributed by atoms with Gasteiger partial charge in [0.1, 0.15) is 0 Å². The average Bonchev–Trinajstić information content (AvgIpc) is 1.88. The second kappa shape index (κ2) is 8.85. The van der Waals surface area contributed by atoms with Crippen molar-refractivity contribution >= 4 is 12.6 Å². The fourth-order valence-electron chi connectivity index (χ4n) is 0.181.